The summed E-state index contributed by atoms with van der Waals surface area (Å²) < 4.78 is 0. The number of hydrogen-bond acceptors (Lipinski definition) is 4. The lowest BCUT2D eigenvalue weighted by Crippen LogP contribution is -2.47. The van der Waals surface area contributed by atoms with Crippen LogP contribution >= 0.6 is 11.3 Å². The molecule has 18 heavy (non-hydrogen) atoms. The number of carbonyl (C=O) groups is 1. The highest BCUT2D eigenvalue weighted by molar-refractivity contribution is 7.09. The van der Waals surface area contributed by atoms with Gasteiger partial charge in [-0.15, -0.1) is 11.3 Å². The number of hydrogen-bond donors (Lipinski definition) is 2. The van der Waals surface area contributed by atoms with Crippen LogP contribution in [0.1, 0.15) is 37.6 Å². The summed E-state index contributed by atoms with van der Waals surface area (Å²) in [5, 5.41) is 9.31. The van der Waals surface area contributed by atoms with Crippen molar-refractivity contribution in [3.63, 3.8) is 0 Å². The van der Waals surface area contributed by atoms with E-state index in [1.54, 1.807) is 17.5 Å². The Kier molecular flexibility index (Phi) is 4.72. The Morgan fingerprint density at radius 1 is 1.56 bits per heavy atom. The number of nitrogens with zero attached hydrogens (tertiary/aromatic N) is 1. The van der Waals surface area contributed by atoms with E-state index < -0.39 is 0 Å². The molecule has 1 saturated heterocycles. The zero-order valence-corrected chi connectivity index (χ0v) is 11.7. The van der Waals surface area contributed by atoms with Gasteiger partial charge in [0.1, 0.15) is 5.01 Å². The van der Waals surface area contributed by atoms with Gasteiger partial charge in [0.15, 0.2) is 0 Å². The number of thiazole rings is 1. The van der Waals surface area contributed by atoms with Crippen molar-refractivity contribution in [2.75, 3.05) is 13.1 Å². The predicted octanol–water partition coefficient (Wildman–Crippen LogP) is 1.93. The number of amides is 1. The average Bonchev–Trinajstić information content (AvgIpc) is 2.90. The highest BCUT2D eigenvalue weighted by Gasteiger charge is 2.38. The minimum absolute atomic E-state index is 0.155. The fourth-order valence-corrected chi connectivity index (χ4v) is 3.21. The summed E-state index contributed by atoms with van der Waals surface area (Å²) in [5.41, 5.74) is -0.155. The monoisotopic (exact) mass is 267 g/mol. The molecule has 0 saturated carbocycles. The highest BCUT2D eigenvalue weighted by Crippen LogP contribution is 2.34. The van der Waals surface area contributed by atoms with Gasteiger partial charge in [-0.2, -0.15) is 0 Å². The second kappa shape index (κ2) is 6.29. The molecular weight excluding hydrogens is 246 g/mol. The molecule has 2 N–H and O–H groups in total. The predicted molar refractivity (Wildman–Crippen MR) is 73.4 cm³/mol. The Bertz CT molecular complexity index is 366. The van der Waals surface area contributed by atoms with Gasteiger partial charge in [0, 0.05) is 11.6 Å². The fourth-order valence-electron chi connectivity index (χ4n) is 2.66. The van der Waals surface area contributed by atoms with E-state index in [1.165, 1.54) is 0 Å². The van der Waals surface area contributed by atoms with Crippen LogP contribution in [0.15, 0.2) is 11.6 Å². The first kappa shape index (κ1) is 13.5. The molecule has 0 atom stereocenters. The molecule has 1 aromatic rings. The first-order chi connectivity index (χ1) is 8.77. The first-order valence-electron chi connectivity index (χ1n) is 6.64. The molecule has 1 aliphatic heterocycles. The van der Waals surface area contributed by atoms with Crippen LogP contribution in [0, 0.1) is 5.41 Å². The lowest BCUT2D eigenvalue weighted by atomic mass is 9.74. The summed E-state index contributed by atoms with van der Waals surface area (Å²) in [7, 11) is 0. The number of aromatic nitrogens is 1. The zero-order chi connectivity index (χ0) is 12.8. The van der Waals surface area contributed by atoms with Crippen molar-refractivity contribution in [1.29, 1.82) is 0 Å². The molecule has 5 heteroatoms. The molecule has 0 aromatic carbocycles. The fraction of sp³-hybridized carbons (Fsp3) is 0.692. The van der Waals surface area contributed by atoms with E-state index in [0.29, 0.717) is 6.54 Å². The Balaban J connectivity index is 1.95. The van der Waals surface area contributed by atoms with Gasteiger partial charge < -0.3 is 10.6 Å². The maximum Gasteiger partial charge on any atom is 0.226 e. The maximum absolute atomic E-state index is 12.4. The standard InChI is InChI=1S/C13H21N3OS/c1-2-3-13(4-6-14-7-5-13)12(17)16-10-11-15-8-9-18-11/h8-9,14H,2-7,10H2,1H3,(H,16,17). The van der Waals surface area contributed by atoms with E-state index in [-0.39, 0.29) is 11.3 Å². The van der Waals surface area contributed by atoms with Crippen molar-refractivity contribution >= 4 is 17.2 Å². The molecule has 0 unspecified atom stereocenters. The first-order valence-corrected chi connectivity index (χ1v) is 7.52. The molecule has 100 valence electrons. The summed E-state index contributed by atoms with van der Waals surface area (Å²) in [6.07, 6.45) is 5.72. The average molecular weight is 267 g/mol. The van der Waals surface area contributed by atoms with Crippen LogP contribution < -0.4 is 10.6 Å². The Labute approximate surface area is 112 Å². The molecule has 1 amide bonds. The van der Waals surface area contributed by atoms with E-state index in [0.717, 1.165) is 43.8 Å². The topological polar surface area (TPSA) is 54.0 Å². The molecule has 0 radical (unpaired) electrons. The van der Waals surface area contributed by atoms with Crippen molar-refractivity contribution in [3.05, 3.63) is 16.6 Å². The van der Waals surface area contributed by atoms with Gasteiger partial charge in [0.2, 0.25) is 5.91 Å². The zero-order valence-electron chi connectivity index (χ0n) is 10.9. The maximum atomic E-state index is 12.4. The van der Waals surface area contributed by atoms with Gasteiger partial charge >= 0.3 is 0 Å². The number of carbonyl (C=O) groups excluding carboxylic acids is 1. The molecule has 2 heterocycles. The van der Waals surface area contributed by atoms with Gasteiger partial charge in [0.05, 0.1) is 12.0 Å². The van der Waals surface area contributed by atoms with Gasteiger partial charge in [0.25, 0.3) is 0 Å². The molecule has 1 aliphatic rings. The molecule has 0 bridgehead atoms. The summed E-state index contributed by atoms with van der Waals surface area (Å²) in [6.45, 7) is 4.61. The van der Waals surface area contributed by atoms with E-state index >= 15 is 0 Å². The van der Waals surface area contributed by atoms with Crippen LogP contribution in [0.4, 0.5) is 0 Å². The van der Waals surface area contributed by atoms with Crippen LogP contribution in [0.2, 0.25) is 0 Å². The van der Waals surface area contributed by atoms with Crippen LogP contribution in [0.3, 0.4) is 0 Å². The summed E-state index contributed by atoms with van der Waals surface area (Å²) >= 11 is 1.59. The molecule has 1 fully saturated rings. The third-order valence-electron chi connectivity index (χ3n) is 3.65. The summed E-state index contributed by atoms with van der Waals surface area (Å²) in [4.78, 5) is 16.6. The third-order valence-corrected chi connectivity index (χ3v) is 4.43. The number of rotatable bonds is 5. The van der Waals surface area contributed by atoms with Gasteiger partial charge in [-0.05, 0) is 32.4 Å². The van der Waals surface area contributed by atoms with E-state index in [9.17, 15) is 4.79 Å². The molecule has 2 rings (SSSR count). The Morgan fingerprint density at radius 3 is 2.94 bits per heavy atom. The second-order valence-corrected chi connectivity index (χ2v) is 5.87. The largest absolute Gasteiger partial charge is 0.349 e. The molecule has 0 spiro atoms. The lowest BCUT2D eigenvalue weighted by molar-refractivity contribution is -0.133. The highest BCUT2D eigenvalue weighted by atomic mass is 32.1. The molecular formula is C13H21N3OS. The normalized spacial score (nSPS) is 18.5. The van der Waals surface area contributed by atoms with Crippen molar-refractivity contribution in [3.8, 4) is 0 Å². The van der Waals surface area contributed by atoms with Crippen LogP contribution in [0.5, 0.6) is 0 Å². The quantitative estimate of drug-likeness (QED) is 0.857. The van der Waals surface area contributed by atoms with Crippen LogP contribution in [0.25, 0.3) is 0 Å². The van der Waals surface area contributed by atoms with Gasteiger partial charge in [-0.25, -0.2) is 4.98 Å². The lowest BCUT2D eigenvalue weighted by Gasteiger charge is -2.36. The van der Waals surface area contributed by atoms with E-state index in [2.05, 4.69) is 22.5 Å². The van der Waals surface area contributed by atoms with E-state index in [4.69, 9.17) is 0 Å². The van der Waals surface area contributed by atoms with Gasteiger partial charge in [-0.1, -0.05) is 13.3 Å². The van der Waals surface area contributed by atoms with Crippen LogP contribution in [-0.4, -0.2) is 24.0 Å². The van der Waals surface area contributed by atoms with Gasteiger partial charge in [-0.3, -0.25) is 4.79 Å². The van der Waals surface area contributed by atoms with E-state index in [1.807, 2.05) is 5.38 Å². The van der Waals surface area contributed by atoms with Crippen molar-refractivity contribution in [2.24, 2.45) is 5.41 Å². The number of piperidine rings is 1. The smallest absolute Gasteiger partial charge is 0.226 e. The minimum atomic E-state index is -0.155. The third kappa shape index (κ3) is 3.09. The Morgan fingerprint density at radius 2 is 2.33 bits per heavy atom. The minimum Gasteiger partial charge on any atom is -0.349 e. The molecule has 0 aliphatic carbocycles. The summed E-state index contributed by atoms with van der Waals surface area (Å²) in [6, 6.07) is 0. The van der Waals surface area contributed by atoms with Crippen molar-refractivity contribution in [1.82, 2.24) is 15.6 Å². The second-order valence-electron chi connectivity index (χ2n) is 4.89. The van der Waals surface area contributed by atoms with Crippen molar-refractivity contribution in [2.45, 2.75) is 39.2 Å². The molecule has 4 nitrogen and oxygen atoms in total. The van der Waals surface area contributed by atoms with Crippen molar-refractivity contribution < 1.29 is 4.79 Å². The number of nitrogens with one attached hydrogen (secondary N) is 2. The molecule has 1 aromatic heterocycles. The Hall–Kier alpha value is -0.940. The SMILES string of the molecule is CCCC1(C(=O)NCc2nccs2)CCNCC1. The summed E-state index contributed by atoms with van der Waals surface area (Å²) in [5.74, 6) is 0.209. The van der Waals surface area contributed by atoms with Crippen LogP contribution in [-0.2, 0) is 11.3 Å².